The van der Waals surface area contributed by atoms with Crippen LogP contribution in [0.4, 0.5) is 0 Å². The Balaban J connectivity index is 2.03. The highest BCUT2D eigenvalue weighted by atomic mass is 16.3. The summed E-state index contributed by atoms with van der Waals surface area (Å²) >= 11 is 0. The Morgan fingerprint density at radius 2 is 2.25 bits per heavy atom. The first-order chi connectivity index (χ1) is 9.54. The molecule has 0 unspecified atom stereocenters. The SMILES string of the molecule is C=CCN1CCC[C@H]2[C@H]1Cc1ccc(O)cc1C2(C)C. The van der Waals surface area contributed by atoms with Gasteiger partial charge in [-0.3, -0.25) is 4.90 Å². The van der Waals surface area contributed by atoms with E-state index in [9.17, 15) is 5.11 Å². The molecule has 1 aromatic rings. The van der Waals surface area contributed by atoms with Crippen molar-refractivity contribution in [1.29, 1.82) is 0 Å². The second-order valence-corrected chi connectivity index (χ2v) is 6.87. The molecule has 0 bridgehead atoms. The number of phenols is 1. The number of rotatable bonds is 2. The second-order valence-electron chi connectivity index (χ2n) is 6.87. The lowest BCUT2D eigenvalue weighted by Crippen LogP contribution is -2.55. The van der Waals surface area contributed by atoms with Gasteiger partial charge in [-0.2, -0.15) is 0 Å². The molecule has 2 heteroatoms. The number of fused-ring (bicyclic) bond motifs is 2. The van der Waals surface area contributed by atoms with E-state index in [0.29, 0.717) is 17.7 Å². The van der Waals surface area contributed by atoms with E-state index in [4.69, 9.17) is 0 Å². The van der Waals surface area contributed by atoms with Crippen LogP contribution in [-0.2, 0) is 11.8 Å². The predicted octanol–water partition coefficient (Wildman–Crippen LogP) is 3.49. The summed E-state index contributed by atoms with van der Waals surface area (Å²) in [6.07, 6.45) is 5.70. The largest absolute Gasteiger partial charge is 0.508 e. The molecule has 1 saturated heterocycles. The van der Waals surface area contributed by atoms with Crippen molar-refractivity contribution in [3.8, 4) is 5.75 Å². The lowest BCUT2D eigenvalue weighted by Gasteiger charge is -2.52. The van der Waals surface area contributed by atoms with Gasteiger partial charge in [0.25, 0.3) is 0 Å². The Morgan fingerprint density at radius 3 is 3.00 bits per heavy atom. The first kappa shape index (κ1) is 13.7. The number of benzene rings is 1. The molecule has 0 saturated carbocycles. The molecule has 0 spiro atoms. The van der Waals surface area contributed by atoms with E-state index >= 15 is 0 Å². The maximum absolute atomic E-state index is 9.83. The molecule has 20 heavy (non-hydrogen) atoms. The Bertz CT molecular complexity index is 520. The van der Waals surface area contributed by atoms with Gasteiger partial charge in [0.1, 0.15) is 5.75 Å². The molecule has 0 aromatic heterocycles. The first-order valence-electron chi connectivity index (χ1n) is 7.71. The smallest absolute Gasteiger partial charge is 0.115 e. The maximum atomic E-state index is 9.83. The van der Waals surface area contributed by atoms with Crippen LogP contribution < -0.4 is 0 Å². The highest BCUT2D eigenvalue weighted by molar-refractivity contribution is 5.43. The Hall–Kier alpha value is -1.28. The van der Waals surface area contributed by atoms with Gasteiger partial charge < -0.3 is 5.11 Å². The van der Waals surface area contributed by atoms with Gasteiger partial charge in [-0.05, 0) is 60.4 Å². The fourth-order valence-electron chi connectivity index (χ4n) is 4.40. The van der Waals surface area contributed by atoms with Crippen LogP contribution in [0.15, 0.2) is 30.9 Å². The molecule has 2 nitrogen and oxygen atoms in total. The van der Waals surface area contributed by atoms with Crippen molar-refractivity contribution >= 4 is 0 Å². The van der Waals surface area contributed by atoms with E-state index < -0.39 is 0 Å². The maximum Gasteiger partial charge on any atom is 0.115 e. The number of hydrogen-bond acceptors (Lipinski definition) is 2. The van der Waals surface area contributed by atoms with Crippen molar-refractivity contribution in [2.45, 2.75) is 44.6 Å². The summed E-state index contributed by atoms with van der Waals surface area (Å²) in [6.45, 7) is 10.8. The average molecular weight is 271 g/mol. The predicted molar refractivity (Wildman–Crippen MR) is 83.1 cm³/mol. The van der Waals surface area contributed by atoms with Crippen molar-refractivity contribution < 1.29 is 5.11 Å². The molecule has 1 N–H and O–H groups in total. The van der Waals surface area contributed by atoms with Crippen LogP contribution in [0.2, 0.25) is 0 Å². The van der Waals surface area contributed by atoms with Crippen LogP contribution in [-0.4, -0.2) is 29.1 Å². The van der Waals surface area contributed by atoms with Crippen LogP contribution in [0, 0.1) is 5.92 Å². The van der Waals surface area contributed by atoms with Gasteiger partial charge in [0.05, 0.1) is 0 Å². The molecular weight excluding hydrogens is 246 g/mol. The molecule has 2 aliphatic rings. The second kappa shape index (κ2) is 4.92. The normalized spacial score (nSPS) is 28.5. The summed E-state index contributed by atoms with van der Waals surface area (Å²) in [5, 5.41) is 9.83. The average Bonchev–Trinajstić information content (AvgIpc) is 2.41. The molecular formula is C18H25NO. The van der Waals surface area contributed by atoms with Gasteiger partial charge in [-0.1, -0.05) is 26.0 Å². The van der Waals surface area contributed by atoms with Crippen molar-refractivity contribution in [3.63, 3.8) is 0 Å². The number of phenolic OH excluding ortho intramolecular Hbond substituents is 1. The molecule has 3 rings (SSSR count). The third-order valence-electron chi connectivity index (χ3n) is 5.40. The summed E-state index contributed by atoms with van der Waals surface area (Å²) < 4.78 is 0. The molecule has 1 fully saturated rings. The summed E-state index contributed by atoms with van der Waals surface area (Å²) in [5.41, 5.74) is 2.89. The summed E-state index contributed by atoms with van der Waals surface area (Å²) in [6, 6.07) is 6.55. The molecule has 1 aliphatic heterocycles. The minimum absolute atomic E-state index is 0.136. The van der Waals surface area contributed by atoms with Crippen molar-refractivity contribution in [2.24, 2.45) is 5.92 Å². The van der Waals surface area contributed by atoms with Crippen LogP contribution in [0.3, 0.4) is 0 Å². The summed E-state index contributed by atoms with van der Waals surface area (Å²) in [5.74, 6) is 1.07. The Labute approximate surface area is 122 Å². The third-order valence-corrected chi connectivity index (χ3v) is 5.40. The molecule has 2 atom stereocenters. The van der Waals surface area contributed by atoms with Crippen LogP contribution in [0.1, 0.15) is 37.8 Å². The number of piperidine rings is 1. The fraction of sp³-hybridized carbons (Fsp3) is 0.556. The lowest BCUT2D eigenvalue weighted by molar-refractivity contribution is 0.0528. The molecule has 0 amide bonds. The number of hydrogen-bond donors (Lipinski definition) is 1. The molecule has 1 aromatic carbocycles. The van der Waals surface area contributed by atoms with Gasteiger partial charge in [-0.15, -0.1) is 6.58 Å². The summed E-state index contributed by atoms with van der Waals surface area (Å²) in [7, 11) is 0. The van der Waals surface area contributed by atoms with E-state index in [1.165, 1.54) is 30.5 Å². The molecule has 0 radical (unpaired) electrons. The van der Waals surface area contributed by atoms with Gasteiger partial charge >= 0.3 is 0 Å². The molecule has 1 aliphatic carbocycles. The van der Waals surface area contributed by atoms with Crippen molar-refractivity contribution in [1.82, 2.24) is 4.90 Å². The van der Waals surface area contributed by atoms with Crippen molar-refractivity contribution in [3.05, 3.63) is 42.0 Å². The zero-order valence-electron chi connectivity index (χ0n) is 12.6. The minimum atomic E-state index is 0.136. The Morgan fingerprint density at radius 1 is 1.45 bits per heavy atom. The monoisotopic (exact) mass is 271 g/mol. The zero-order valence-corrected chi connectivity index (χ0v) is 12.6. The van der Waals surface area contributed by atoms with Crippen LogP contribution in [0.5, 0.6) is 5.75 Å². The first-order valence-corrected chi connectivity index (χ1v) is 7.71. The summed E-state index contributed by atoms with van der Waals surface area (Å²) in [4.78, 5) is 2.60. The Kier molecular flexibility index (Phi) is 3.37. The van der Waals surface area contributed by atoms with E-state index in [1.54, 1.807) is 0 Å². The van der Waals surface area contributed by atoms with Crippen molar-refractivity contribution in [2.75, 3.05) is 13.1 Å². The highest BCUT2D eigenvalue weighted by Crippen LogP contribution is 2.47. The fourth-order valence-corrected chi connectivity index (χ4v) is 4.40. The standard InChI is InChI=1S/C18H25NO/c1-4-9-19-10-5-6-15-17(19)11-13-7-8-14(20)12-16(13)18(15,2)3/h4,7-8,12,15,17,20H,1,5-6,9-11H2,2-3H3/t15-,17+/m0/s1. The third kappa shape index (κ3) is 2.07. The van der Waals surface area contributed by atoms with Crippen LogP contribution >= 0.6 is 0 Å². The molecule has 1 heterocycles. The quantitative estimate of drug-likeness (QED) is 0.832. The van der Waals surface area contributed by atoms with Gasteiger partial charge in [-0.25, -0.2) is 0 Å². The zero-order chi connectivity index (χ0) is 14.3. The number of nitrogens with zero attached hydrogens (tertiary/aromatic N) is 1. The lowest BCUT2D eigenvalue weighted by atomic mass is 9.60. The minimum Gasteiger partial charge on any atom is -0.508 e. The van der Waals surface area contributed by atoms with E-state index in [1.807, 2.05) is 18.2 Å². The molecule has 108 valence electrons. The van der Waals surface area contributed by atoms with E-state index in [2.05, 4.69) is 31.4 Å². The highest BCUT2D eigenvalue weighted by Gasteiger charge is 2.45. The van der Waals surface area contributed by atoms with Gasteiger partial charge in [0.15, 0.2) is 0 Å². The van der Waals surface area contributed by atoms with Gasteiger partial charge in [0, 0.05) is 12.6 Å². The number of likely N-dealkylation sites (tertiary alicyclic amines) is 1. The van der Waals surface area contributed by atoms with Gasteiger partial charge in [0.2, 0.25) is 0 Å². The number of aromatic hydroxyl groups is 1. The topological polar surface area (TPSA) is 23.5 Å². The van der Waals surface area contributed by atoms with E-state index in [-0.39, 0.29) is 5.41 Å². The van der Waals surface area contributed by atoms with E-state index in [0.717, 1.165) is 13.0 Å². The van der Waals surface area contributed by atoms with Crippen LogP contribution in [0.25, 0.3) is 0 Å².